The van der Waals surface area contributed by atoms with Crippen LogP contribution in [0.1, 0.15) is 15.9 Å². The standard InChI is InChI=1S/C18H16FNO4/c1-23-14-8-9-16(15(11-14)18(22)24-2)20-17(21)10-5-12-3-6-13(19)7-4-12/h3-11H,1-2H3,(H,20,21). The molecule has 0 aliphatic heterocycles. The number of hydrogen-bond donors (Lipinski definition) is 1. The van der Waals surface area contributed by atoms with Gasteiger partial charge in [-0.3, -0.25) is 4.79 Å². The maximum Gasteiger partial charge on any atom is 0.340 e. The number of methoxy groups -OCH3 is 2. The first-order valence-electron chi connectivity index (χ1n) is 7.04. The number of benzene rings is 2. The normalized spacial score (nSPS) is 10.5. The molecule has 0 atom stereocenters. The van der Waals surface area contributed by atoms with Crippen LogP contribution < -0.4 is 10.1 Å². The van der Waals surface area contributed by atoms with E-state index in [1.54, 1.807) is 24.3 Å². The molecule has 5 nitrogen and oxygen atoms in total. The van der Waals surface area contributed by atoms with Crippen molar-refractivity contribution in [2.45, 2.75) is 0 Å². The molecule has 0 aliphatic rings. The fourth-order valence-electron chi connectivity index (χ4n) is 1.96. The molecular formula is C18H16FNO4. The third-order valence-corrected chi connectivity index (χ3v) is 3.19. The van der Waals surface area contributed by atoms with Crippen molar-refractivity contribution in [2.75, 3.05) is 19.5 Å². The van der Waals surface area contributed by atoms with Crippen molar-refractivity contribution in [1.82, 2.24) is 0 Å². The number of esters is 1. The SMILES string of the molecule is COC(=O)c1cc(OC)ccc1NC(=O)C=Cc1ccc(F)cc1. The Kier molecular flexibility index (Phi) is 5.68. The second kappa shape index (κ2) is 7.92. The van der Waals surface area contributed by atoms with E-state index in [2.05, 4.69) is 5.32 Å². The monoisotopic (exact) mass is 329 g/mol. The molecule has 1 amide bonds. The van der Waals surface area contributed by atoms with Crippen molar-refractivity contribution in [2.24, 2.45) is 0 Å². The molecule has 2 aromatic carbocycles. The van der Waals surface area contributed by atoms with Gasteiger partial charge in [-0.1, -0.05) is 12.1 Å². The molecule has 1 N–H and O–H groups in total. The smallest absolute Gasteiger partial charge is 0.340 e. The number of carbonyl (C=O) groups is 2. The van der Waals surface area contributed by atoms with Crippen LogP contribution in [0.15, 0.2) is 48.5 Å². The number of hydrogen-bond acceptors (Lipinski definition) is 4. The highest BCUT2D eigenvalue weighted by Crippen LogP contribution is 2.23. The number of rotatable bonds is 5. The summed E-state index contributed by atoms with van der Waals surface area (Å²) in [5.74, 6) is -0.908. The predicted molar refractivity (Wildman–Crippen MR) is 88.4 cm³/mol. The maximum atomic E-state index is 12.8. The average molecular weight is 329 g/mol. The largest absolute Gasteiger partial charge is 0.497 e. The molecule has 0 bridgehead atoms. The minimum Gasteiger partial charge on any atom is -0.497 e. The molecule has 0 unspecified atom stereocenters. The van der Waals surface area contributed by atoms with Crippen molar-refractivity contribution < 1.29 is 23.5 Å². The Hall–Kier alpha value is -3.15. The highest BCUT2D eigenvalue weighted by atomic mass is 19.1. The third-order valence-electron chi connectivity index (χ3n) is 3.19. The van der Waals surface area contributed by atoms with Gasteiger partial charge in [0.2, 0.25) is 5.91 Å². The van der Waals surface area contributed by atoms with Crippen molar-refractivity contribution in [3.8, 4) is 5.75 Å². The molecule has 24 heavy (non-hydrogen) atoms. The van der Waals surface area contributed by atoms with Gasteiger partial charge in [0.15, 0.2) is 0 Å². The van der Waals surface area contributed by atoms with E-state index >= 15 is 0 Å². The molecular weight excluding hydrogens is 313 g/mol. The summed E-state index contributed by atoms with van der Waals surface area (Å²) in [4.78, 5) is 23.8. The van der Waals surface area contributed by atoms with Crippen LogP contribution in [0.25, 0.3) is 6.08 Å². The van der Waals surface area contributed by atoms with Crippen LogP contribution in [0.2, 0.25) is 0 Å². The number of anilines is 1. The lowest BCUT2D eigenvalue weighted by Gasteiger charge is -2.10. The molecule has 0 radical (unpaired) electrons. The van der Waals surface area contributed by atoms with Gasteiger partial charge in [-0.15, -0.1) is 0 Å². The van der Waals surface area contributed by atoms with Gasteiger partial charge in [-0.25, -0.2) is 9.18 Å². The van der Waals surface area contributed by atoms with Gasteiger partial charge in [0.25, 0.3) is 0 Å². The van der Waals surface area contributed by atoms with Crippen LogP contribution in [-0.2, 0) is 9.53 Å². The van der Waals surface area contributed by atoms with Crippen LogP contribution >= 0.6 is 0 Å². The Morgan fingerprint density at radius 1 is 1.08 bits per heavy atom. The van der Waals surface area contributed by atoms with Crippen molar-refractivity contribution in [3.05, 3.63) is 65.5 Å². The van der Waals surface area contributed by atoms with E-state index in [9.17, 15) is 14.0 Å². The minimum absolute atomic E-state index is 0.181. The summed E-state index contributed by atoms with van der Waals surface area (Å²) in [5.41, 5.74) is 1.16. The summed E-state index contributed by atoms with van der Waals surface area (Å²) in [7, 11) is 2.72. The van der Waals surface area contributed by atoms with Crippen molar-refractivity contribution in [1.29, 1.82) is 0 Å². The highest BCUT2D eigenvalue weighted by molar-refractivity contribution is 6.06. The number of amides is 1. The van der Waals surface area contributed by atoms with E-state index in [1.165, 1.54) is 44.6 Å². The lowest BCUT2D eigenvalue weighted by Crippen LogP contribution is -2.13. The van der Waals surface area contributed by atoms with Gasteiger partial charge in [0, 0.05) is 6.08 Å². The fourth-order valence-corrected chi connectivity index (χ4v) is 1.96. The number of ether oxygens (including phenoxy) is 2. The summed E-state index contributed by atoms with van der Waals surface area (Å²) in [6.45, 7) is 0. The van der Waals surface area contributed by atoms with E-state index in [0.29, 0.717) is 17.0 Å². The summed E-state index contributed by atoms with van der Waals surface area (Å²) in [6.07, 6.45) is 2.83. The van der Waals surface area contributed by atoms with E-state index in [-0.39, 0.29) is 11.4 Å². The first-order chi connectivity index (χ1) is 11.5. The molecule has 0 heterocycles. The Labute approximate surface area is 138 Å². The fraction of sp³-hybridized carbons (Fsp3) is 0.111. The first kappa shape index (κ1) is 17.2. The van der Waals surface area contributed by atoms with Crippen molar-refractivity contribution in [3.63, 3.8) is 0 Å². The minimum atomic E-state index is -0.591. The molecule has 0 fully saturated rings. The molecule has 0 saturated heterocycles. The molecule has 0 aliphatic carbocycles. The molecule has 124 valence electrons. The van der Waals surface area contributed by atoms with Gasteiger partial charge in [-0.2, -0.15) is 0 Å². The van der Waals surface area contributed by atoms with Crippen LogP contribution in [0, 0.1) is 5.82 Å². The Morgan fingerprint density at radius 2 is 1.79 bits per heavy atom. The Morgan fingerprint density at radius 3 is 2.42 bits per heavy atom. The second-order valence-electron chi connectivity index (χ2n) is 4.78. The molecule has 6 heteroatoms. The van der Waals surface area contributed by atoms with Crippen LogP contribution in [0.3, 0.4) is 0 Å². The van der Waals surface area contributed by atoms with Crippen LogP contribution in [-0.4, -0.2) is 26.1 Å². The second-order valence-corrected chi connectivity index (χ2v) is 4.78. The van der Waals surface area contributed by atoms with Crippen LogP contribution in [0.5, 0.6) is 5.75 Å². The molecule has 2 rings (SSSR count). The molecule has 0 saturated carbocycles. The average Bonchev–Trinajstić information content (AvgIpc) is 2.61. The van der Waals surface area contributed by atoms with Crippen molar-refractivity contribution >= 4 is 23.6 Å². The number of halogens is 1. The predicted octanol–water partition coefficient (Wildman–Crippen LogP) is 3.27. The van der Waals surface area contributed by atoms with Gasteiger partial charge in [0.05, 0.1) is 25.5 Å². The van der Waals surface area contributed by atoms with E-state index < -0.39 is 11.9 Å². The first-order valence-corrected chi connectivity index (χ1v) is 7.04. The van der Waals surface area contributed by atoms with E-state index in [0.717, 1.165) is 0 Å². The zero-order valence-electron chi connectivity index (χ0n) is 13.2. The molecule has 2 aromatic rings. The van der Waals surface area contributed by atoms with E-state index in [1.807, 2.05) is 0 Å². The molecule has 0 aromatic heterocycles. The van der Waals surface area contributed by atoms with E-state index in [4.69, 9.17) is 9.47 Å². The zero-order chi connectivity index (χ0) is 17.5. The summed E-state index contributed by atoms with van der Waals surface area (Å²) < 4.78 is 22.6. The number of carbonyl (C=O) groups excluding carboxylic acids is 2. The summed E-state index contributed by atoms with van der Waals surface area (Å²) >= 11 is 0. The quantitative estimate of drug-likeness (QED) is 0.675. The topological polar surface area (TPSA) is 64.6 Å². The van der Waals surface area contributed by atoms with Crippen LogP contribution in [0.4, 0.5) is 10.1 Å². The number of nitrogens with one attached hydrogen (secondary N) is 1. The lowest BCUT2D eigenvalue weighted by atomic mass is 10.1. The lowest BCUT2D eigenvalue weighted by molar-refractivity contribution is -0.111. The summed E-state index contributed by atoms with van der Waals surface area (Å²) in [6, 6.07) is 10.3. The Bertz CT molecular complexity index is 769. The third kappa shape index (κ3) is 4.42. The van der Waals surface area contributed by atoms with Gasteiger partial charge < -0.3 is 14.8 Å². The van der Waals surface area contributed by atoms with Gasteiger partial charge in [-0.05, 0) is 42.0 Å². The highest BCUT2D eigenvalue weighted by Gasteiger charge is 2.14. The summed E-state index contributed by atoms with van der Waals surface area (Å²) in [5, 5.41) is 2.60. The molecule has 0 spiro atoms. The van der Waals surface area contributed by atoms with Gasteiger partial charge >= 0.3 is 5.97 Å². The zero-order valence-corrected chi connectivity index (χ0v) is 13.2. The van der Waals surface area contributed by atoms with Gasteiger partial charge in [0.1, 0.15) is 11.6 Å². The maximum absolute atomic E-state index is 12.8. The Balaban J connectivity index is 2.16.